The summed E-state index contributed by atoms with van der Waals surface area (Å²) in [7, 11) is 0. The fourth-order valence-corrected chi connectivity index (χ4v) is 2.93. The third kappa shape index (κ3) is 3.17. The smallest absolute Gasteiger partial charge is 0.122 e. The summed E-state index contributed by atoms with van der Waals surface area (Å²) in [5.41, 5.74) is 1.31. The maximum Gasteiger partial charge on any atom is 0.122 e. The van der Waals surface area contributed by atoms with E-state index in [9.17, 15) is 0 Å². The number of piperazine rings is 1. The first-order chi connectivity index (χ1) is 9.83. The highest BCUT2D eigenvalue weighted by Gasteiger charge is 2.21. The molecule has 0 N–H and O–H groups in total. The van der Waals surface area contributed by atoms with Gasteiger partial charge in [0.15, 0.2) is 0 Å². The molecule has 4 heteroatoms. The Hall–Kier alpha value is -1.45. The van der Waals surface area contributed by atoms with Crippen LogP contribution in [-0.2, 0) is 0 Å². The Labute approximate surface area is 124 Å². The molecule has 1 unspecified atom stereocenters. The van der Waals surface area contributed by atoms with Gasteiger partial charge in [-0.25, -0.2) is 0 Å². The summed E-state index contributed by atoms with van der Waals surface area (Å²) < 4.78 is 5.36. The van der Waals surface area contributed by atoms with Crippen molar-refractivity contribution in [3.05, 3.63) is 54.5 Å². The van der Waals surface area contributed by atoms with Gasteiger partial charge >= 0.3 is 0 Å². The minimum Gasteiger partial charge on any atom is -0.468 e. The molecule has 1 fully saturated rings. The van der Waals surface area contributed by atoms with Crippen LogP contribution in [0.2, 0.25) is 0 Å². The fourth-order valence-electron chi connectivity index (χ4n) is 2.61. The van der Waals surface area contributed by atoms with Crippen molar-refractivity contribution in [1.29, 1.82) is 0 Å². The van der Waals surface area contributed by atoms with Crippen molar-refractivity contribution in [3.8, 4) is 0 Å². The van der Waals surface area contributed by atoms with Gasteiger partial charge in [-0.15, -0.1) is 11.6 Å². The number of para-hydroxylation sites is 1. The number of nitrogens with zero attached hydrogens (tertiary/aromatic N) is 2. The van der Waals surface area contributed by atoms with Crippen LogP contribution in [0, 0.1) is 0 Å². The van der Waals surface area contributed by atoms with E-state index in [1.807, 2.05) is 12.1 Å². The maximum absolute atomic E-state index is 6.39. The summed E-state index contributed by atoms with van der Waals surface area (Å²) >= 11 is 6.39. The van der Waals surface area contributed by atoms with Gasteiger partial charge in [-0.3, -0.25) is 4.90 Å². The molecule has 1 aliphatic rings. The van der Waals surface area contributed by atoms with Crippen LogP contribution in [0.5, 0.6) is 0 Å². The molecule has 106 valence electrons. The van der Waals surface area contributed by atoms with Gasteiger partial charge in [0.2, 0.25) is 0 Å². The number of halogens is 1. The van der Waals surface area contributed by atoms with Crippen molar-refractivity contribution in [3.63, 3.8) is 0 Å². The van der Waals surface area contributed by atoms with Crippen LogP contribution >= 0.6 is 11.6 Å². The SMILES string of the molecule is ClC(CN1CCN(c2ccccc2)CC1)c1ccco1. The van der Waals surface area contributed by atoms with Crippen molar-refractivity contribution >= 4 is 17.3 Å². The van der Waals surface area contributed by atoms with Crippen LogP contribution in [-0.4, -0.2) is 37.6 Å². The third-order valence-corrected chi connectivity index (χ3v) is 4.12. The van der Waals surface area contributed by atoms with E-state index in [0.717, 1.165) is 38.5 Å². The van der Waals surface area contributed by atoms with Gasteiger partial charge < -0.3 is 9.32 Å². The molecule has 2 heterocycles. The molecular formula is C16H19ClN2O. The second kappa shape index (κ2) is 6.33. The lowest BCUT2D eigenvalue weighted by molar-refractivity contribution is 0.252. The van der Waals surface area contributed by atoms with Crippen molar-refractivity contribution in [2.45, 2.75) is 5.38 Å². The summed E-state index contributed by atoms with van der Waals surface area (Å²) in [6.45, 7) is 5.02. The Bertz CT molecular complexity index is 507. The van der Waals surface area contributed by atoms with E-state index in [0.29, 0.717) is 0 Å². The molecule has 0 amide bonds. The highest BCUT2D eigenvalue weighted by molar-refractivity contribution is 6.20. The Morgan fingerprint density at radius 1 is 1.00 bits per heavy atom. The lowest BCUT2D eigenvalue weighted by Crippen LogP contribution is -2.47. The zero-order valence-electron chi connectivity index (χ0n) is 11.4. The summed E-state index contributed by atoms with van der Waals surface area (Å²) in [4.78, 5) is 4.83. The first-order valence-electron chi connectivity index (χ1n) is 7.03. The number of hydrogen-bond acceptors (Lipinski definition) is 3. The average molecular weight is 291 g/mol. The monoisotopic (exact) mass is 290 g/mol. The second-order valence-corrected chi connectivity index (χ2v) is 5.63. The second-order valence-electron chi connectivity index (χ2n) is 5.11. The van der Waals surface area contributed by atoms with Gasteiger partial charge in [0.05, 0.1) is 6.26 Å². The fraction of sp³-hybridized carbons (Fsp3) is 0.375. The van der Waals surface area contributed by atoms with Crippen LogP contribution in [0.15, 0.2) is 53.1 Å². The molecule has 1 atom stereocenters. The molecule has 0 radical (unpaired) electrons. The van der Waals surface area contributed by atoms with E-state index in [1.54, 1.807) is 6.26 Å². The average Bonchev–Trinajstić information content (AvgIpc) is 3.03. The Morgan fingerprint density at radius 3 is 2.40 bits per heavy atom. The summed E-state index contributed by atoms with van der Waals surface area (Å²) in [5.74, 6) is 0.858. The van der Waals surface area contributed by atoms with Gasteiger partial charge in [-0.1, -0.05) is 18.2 Å². The molecule has 0 aliphatic carbocycles. The summed E-state index contributed by atoms with van der Waals surface area (Å²) in [6, 6.07) is 14.4. The number of hydrogen-bond donors (Lipinski definition) is 0. The number of furan rings is 1. The molecule has 3 nitrogen and oxygen atoms in total. The number of benzene rings is 1. The molecule has 20 heavy (non-hydrogen) atoms. The Balaban J connectivity index is 1.51. The molecule has 0 spiro atoms. The zero-order chi connectivity index (χ0) is 13.8. The van der Waals surface area contributed by atoms with Crippen molar-refractivity contribution in [2.75, 3.05) is 37.6 Å². The molecule has 0 saturated carbocycles. The predicted octanol–water partition coefficient (Wildman–Crippen LogP) is 3.38. The van der Waals surface area contributed by atoms with Crippen LogP contribution < -0.4 is 4.90 Å². The number of rotatable bonds is 4. The summed E-state index contributed by atoms with van der Waals surface area (Å²) in [6.07, 6.45) is 1.68. The lowest BCUT2D eigenvalue weighted by Gasteiger charge is -2.36. The van der Waals surface area contributed by atoms with Gasteiger partial charge in [0.1, 0.15) is 11.1 Å². The summed E-state index contributed by atoms with van der Waals surface area (Å²) in [5, 5.41) is -0.0618. The molecular weight excluding hydrogens is 272 g/mol. The van der Waals surface area contributed by atoms with Crippen molar-refractivity contribution in [1.82, 2.24) is 4.90 Å². The van der Waals surface area contributed by atoms with Gasteiger partial charge in [-0.2, -0.15) is 0 Å². The van der Waals surface area contributed by atoms with Crippen LogP contribution in [0.1, 0.15) is 11.1 Å². The van der Waals surface area contributed by atoms with Crippen LogP contribution in [0.25, 0.3) is 0 Å². The highest BCUT2D eigenvalue weighted by Crippen LogP contribution is 2.23. The molecule has 1 aromatic carbocycles. The van der Waals surface area contributed by atoms with Gasteiger partial charge in [0, 0.05) is 38.4 Å². The van der Waals surface area contributed by atoms with E-state index in [2.05, 4.69) is 40.1 Å². The largest absolute Gasteiger partial charge is 0.468 e. The molecule has 1 aromatic heterocycles. The van der Waals surface area contributed by atoms with E-state index in [-0.39, 0.29) is 5.38 Å². The van der Waals surface area contributed by atoms with E-state index in [4.69, 9.17) is 16.0 Å². The van der Waals surface area contributed by atoms with E-state index in [1.165, 1.54) is 5.69 Å². The van der Waals surface area contributed by atoms with Crippen molar-refractivity contribution in [2.24, 2.45) is 0 Å². The highest BCUT2D eigenvalue weighted by atomic mass is 35.5. The van der Waals surface area contributed by atoms with Crippen LogP contribution in [0.4, 0.5) is 5.69 Å². The molecule has 1 aliphatic heterocycles. The first kappa shape index (κ1) is 13.5. The number of anilines is 1. The Morgan fingerprint density at radius 2 is 1.75 bits per heavy atom. The molecule has 2 aromatic rings. The molecule has 0 bridgehead atoms. The van der Waals surface area contributed by atoms with Gasteiger partial charge in [0.25, 0.3) is 0 Å². The first-order valence-corrected chi connectivity index (χ1v) is 7.46. The topological polar surface area (TPSA) is 19.6 Å². The Kier molecular flexibility index (Phi) is 4.28. The third-order valence-electron chi connectivity index (χ3n) is 3.76. The maximum atomic E-state index is 6.39. The lowest BCUT2D eigenvalue weighted by atomic mass is 10.2. The molecule has 1 saturated heterocycles. The number of alkyl halides is 1. The van der Waals surface area contributed by atoms with E-state index >= 15 is 0 Å². The zero-order valence-corrected chi connectivity index (χ0v) is 12.2. The quantitative estimate of drug-likeness (QED) is 0.805. The minimum absolute atomic E-state index is 0.0618. The van der Waals surface area contributed by atoms with Crippen molar-refractivity contribution < 1.29 is 4.42 Å². The van der Waals surface area contributed by atoms with Gasteiger partial charge in [-0.05, 0) is 24.3 Å². The minimum atomic E-state index is -0.0618. The predicted molar refractivity (Wildman–Crippen MR) is 82.4 cm³/mol. The van der Waals surface area contributed by atoms with Crippen LogP contribution in [0.3, 0.4) is 0 Å². The van der Waals surface area contributed by atoms with E-state index < -0.39 is 0 Å². The molecule has 3 rings (SSSR count). The normalized spacial score (nSPS) is 18.1. The standard InChI is InChI=1S/C16H19ClN2O/c17-15(16-7-4-12-20-16)13-18-8-10-19(11-9-18)14-5-2-1-3-6-14/h1-7,12,15H,8-11,13H2.